The quantitative estimate of drug-likeness (QED) is 0.813. The van der Waals surface area contributed by atoms with E-state index in [0.29, 0.717) is 12.2 Å². The minimum absolute atomic E-state index is 0.288. The van der Waals surface area contributed by atoms with Crippen LogP contribution in [0.2, 0.25) is 0 Å². The first-order valence-corrected chi connectivity index (χ1v) is 6.09. The zero-order chi connectivity index (χ0) is 13.8. The Bertz CT molecular complexity index is 434. The van der Waals surface area contributed by atoms with Gasteiger partial charge in [-0.3, -0.25) is 4.98 Å². The Labute approximate surface area is 108 Å². The maximum absolute atomic E-state index is 11.8. The highest BCUT2D eigenvalue weighted by atomic mass is 16.5. The molecule has 0 aliphatic carbocycles. The Morgan fingerprint density at radius 2 is 2.11 bits per heavy atom. The third-order valence-electron chi connectivity index (χ3n) is 2.98. The Balaban J connectivity index is 2.96. The molecule has 1 rings (SSSR count). The smallest absolute Gasteiger partial charge is 0.331 e. The third-order valence-corrected chi connectivity index (χ3v) is 2.98. The fraction of sp³-hybridized carbons (Fsp3) is 0.615. The van der Waals surface area contributed by atoms with E-state index in [4.69, 9.17) is 4.74 Å². The van der Waals surface area contributed by atoms with E-state index in [1.807, 2.05) is 27.7 Å². The number of methoxy groups -OCH3 is 1. The molecule has 18 heavy (non-hydrogen) atoms. The van der Waals surface area contributed by atoms with E-state index in [-0.39, 0.29) is 5.97 Å². The van der Waals surface area contributed by atoms with Crippen LogP contribution in [0.1, 0.15) is 38.1 Å². The van der Waals surface area contributed by atoms with Gasteiger partial charge in [-0.05, 0) is 27.2 Å². The highest BCUT2D eigenvalue weighted by Crippen LogP contribution is 2.20. The van der Waals surface area contributed by atoms with Crippen LogP contribution in [0.4, 0.5) is 5.82 Å². The molecule has 0 fully saturated rings. The summed E-state index contributed by atoms with van der Waals surface area (Å²) in [5.74, 6) is 0.309. The molecular weight excluding hydrogens is 230 g/mol. The van der Waals surface area contributed by atoms with Crippen LogP contribution < -0.4 is 5.32 Å². The van der Waals surface area contributed by atoms with Gasteiger partial charge >= 0.3 is 5.97 Å². The minimum Gasteiger partial charge on any atom is -0.467 e. The van der Waals surface area contributed by atoms with Crippen molar-refractivity contribution in [1.29, 1.82) is 0 Å². The molecule has 1 aromatic heterocycles. The van der Waals surface area contributed by atoms with Crippen molar-refractivity contribution in [1.82, 2.24) is 9.97 Å². The Morgan fingerprint density at radius 1 is 1.44 bits per heavy atom. The number of aromatic nitrogens is 2. The van der Waals surface area contributed by atoms with Gasteiger partial charge in [0.25, 0.3) is 0 Å². The lowest BCUT2D eigenvalue weighted by atomic mass is 9.96. The van der Waals surface area contributed by atoms with Crippen molar-refractivity contribution in [2.24, 2.45) is 0 Å². The lowest BCUT2D eigenvalue weighted by molar-refractivity contribution is -0.145. The number of hydrogen-bond acceptors (Lipinski definition) is 5. The van der Waals surface area contributed by atoms with Crippen molar-refractivity contribution in [3.63, 3.8) is 0 Å². The summed E-state index contributed by atoms with van der Waals surface area (Å²) in [4.78, 5) is 20.5. The number of ether oxygens (including phenoxy) is 1. The fourth-order valence-corrected chi connectivity index (χ4v) is 1.83. The molecule has 1 N–H and O–H groups in total. The molecule has 1 unspecified atom stereocenters. The van der Waals surface area contributed by atoms with Crippen LogP contribution in [0.5, 0.6) is 0 Å². The summed E-state index contributed by atoms with van der Waals surface area (Å²) in [6, 6.07) is 0. The maximum atomic E-state index is 11.8. The molecule has 0 radical (unpaired) electrons. The number of aryl methyl sites for hydroxylation is 2. The van der Waals surface area contributed by atoms with Gasteiger partial charge in [-0.1, -0.05) is 13.3 Å². The van der Waals surface area contributed by atoms with Gasteiger partial charge in [0.2, 0.25) is 0 Å². The van der Waals surface area contributed by atoms with Gasteiger partial charge in [0, 0.05) is 0 Å². The average Bonchev–Trinajstić information content (AvgIpc) is 2.33. The van der Waals surface area contributed by atoms with Crippen LogP contribution in [0.15, 0.2) is 6.20 Å². The summed E-state index contributed by atoms with van der Waals surface area (Å²) in [5.41, 5.74) is 0.972. The molecular formula is C13H21N3O2. The summed E-state index contributed by atoms with van der Waals surface area (Å²) in [6.07, 6.45) is 3.18. The van der Waals surface area contributed by atoms with E-state index in [0.717, 1.165) is 17.8 Å². The molecule has 1 aromatic rings. The molecule has 5 heteroatoms. The van der Waals surface area contributed by atoms with E-state index >= 15 is 0 Å². The van der Waals surface area contributed by atoms with Gasteiger partial charge in [0.05, 0.1) is 24.7 Å². The van der Waals surface area contributed by atoms with Crippen LogP contribution in [0.3, 0.4) is 0 Å². The van der Waals surface area contributed by atoms with Crippen LogP contribution >= 0.6 is 0 Å². The molecule has 0 bridgehead atoms. The number of esters is 1. The second-order valence-electron chi connectivity index (χ2n) is 4.62. The van der Waals surface area contributed by atoms with Crippen LogP contribution in [-0.4, -0.2) is 28.6 Å². The predicted molar refractivity (Wildman–Crippen MR) is 70.5 cm³/mol. The number of carbonyl (C=O) groups is 1. The van der Waals surface area contributed by atoms with Gasteiger partial charge in [-0.25, -0.2) is 9.78 Å². The number of nitrogens with zero attached hydrogens (tertiary/aromatic N) is 2. The topological polar surface area (TPSA) is 64.1 Å². The van der Waals surface area contributed by atoms with E-state index in [9.17, 15) is 4.79 Å². The maximum Gasteiger partial charge on any atom is 0.331 e. The van der Waals surface area contributed by atoms with Gasteiger partial charge in [0.1, 0.15) is 11.4 Å². The van der Waals surface area contributed by atoms with Crippen molar-refractivity contribution >= 4 is 11.8 Å². The van der Waals surface area contributed by atoms with Crippen molar-refractivity contribution in [3.8, 4) is 0 Å². The highest BCUT2D eigenvalue weighted by molar-refractivity contribution is 5.83. The van der Waals surface area contributed by atoms with Gasteiger partial charge in [-0.15, -0.1) is 0 Å². The molecule has 0 saturated heterocycles. The van der Waals surface area contributed by atoms with Crippen molar-refractivity contribution in [2.45, 2.75) is 46.1 Å². The molecule has 1 heterocycles. The fourth-order valence-electron chi connectivity index (χ4n) is 1.83. The van der Waals surface area contributed by atoms with Crippen molar-refractivity contribution in [2.75, 3.05) is 12.4 Å². The second-order valence-corrected chi connectivity index (χ2v) is 4.62. The van der Waals surface area contributed by atoms with E-state index < -0.39 is 5.54 Å². The Kier molecular flexibility index (Phi) is 4.64. The van der Waals surface area contributed by atoms with Crippen LogP contribution in [-0.2, 0) is 9.53 Å². The van der Waals surface area contributed by atoms with Crippen LogP contribution in [0, 0.1) is 13.8 Å². The molecule has 100 valence electrons. The number of carbonyl (C=O) groups excluding carboxylic acids is 1. The molecule has 0 aliphatic rings. The average molecular weight is 251 g/mol. The van der Waals surface area contributed by atoms with Gasteiger partial charge < -0.3 is 10.1 Å². The lowest BCUT2D eigenvalue weighted by Gasteiger charge is -2.28. The lowest BCUT2D eigenvalue weighted by Crippen LogP contribution is -2.44. The molecule has 0 spiro atoms. The van der Waals surface area contributed by atoms with Crippen molar-refractivity contribution < 1.29 is 9.53 Å². The van der Waals surface area contributed by atoms with E-state index in [1.54, 1.807) is 6.20 Å². The summed E-state index contributed by atoms with van der Waals surface area (Å²) < 4.78 is 4.84. The Hall–Kier alpha value is -1.65. The molecule has 0 aromatic carbocycles. The van der Waals surface area contributed by atoms with Gasteiger partial charge in [-0.2, -0.15) is 0 Å². The molecule has 0 saturated carbocycles. The first kappa shape index (κ1) is 14.4. The van der Waals surface area contributed by atoms with E-state index in [1.165, 1.54) is 7.11 Å². The summed E-state index contributed by atoms with van der Waals surface area (Å²) in [7, 11) is 1.39. The highest BCUT2D eigenvalue weighted by Gasteiger charge is 2.33. The van der Waals surface area contributed by atoms with E-state index in [2.05, 4.69) is 15.3 Å². The van der Waals surface area contributed by atoms with Crippen LogP contribution in [0.25, 0.3) is 0 Å². The molecule has 0 aliphatic heterocycles. The zero-order valence-electron chi connectivity index (χ0n) is 11.7. The standard InChI is InChI=1S/C13H21N3O2/c1-6-7-13(4,12(17)18-5)16-11-8-14-9(2)10(3)15-11/h8H,6-7H2,1-5H3,(H,15,16). The third kappa shape index (κ3) is 3.18. The molecule has 5 nitrogen and oxygen atoms in total. The normalized spacial score (nSPS) is 13.8. The summed E-state index contributed by atoms with van der Waals surface area (Å²) >= 11 is 0. The first-order chi connectivity index (χ1) is 8.42. The Morgan fingerprint density at radius 3 is 2.61 bits per heavy atom. The summed E-state index contributed by atoms with van der Waals surface area (Å²) in [5, 5.41) is 3.13. The number of nitrogens with one attached hydrogen (secondary N) is 1. The monoisotopic (exact) mass is 251 g/mol. The predicted octanol–water partition coefficient (Wildman–Crippen LogP) is 2.24. The first-order valence-electron chi connectivity index (χ1n) is 6.09. The zero-order valence-corrected chi connectivity index (χ0v) is 11.7. The SMILES string of the molecule is CCCC(C)(Nc1cnc(C)c(C)n1)C(=O)OC. The largest absolute Gasteiger partial charge is 0.467 e. The van der Waals surface area contributed by atoms with Crippen molar-refractivity contribution in [3.05, 3.63) is 17.6 Å². The van der Waals surface area contributed by atoms with Gasteiger partial charge in [0.15, 0.2) is 0 Å². The minimum atomic E-state index is -0.764. The number of rotatable bonds is 5. The summed E-state index contributed by atoms with van der Waals surface area (Å²) in [6.45, 7) is 7.63. The second kappa shape index (κ2) is 5.80. The number of hydrogen-bond donors (Lipinski definition) is 1. The molecule has 1 atom stereocenters. The number of anilines is 1. The molecule has 0 amide bonds.